The summed E-state index contributed by atoms with van der Waals surface area (Å²) < 4.78 is 23.3. The van der Waals surface area contributed by atoms with Crippen LogP contribution in [-0.2, 0) is 30.3 Å². The monoisotopic (exact) mass is 627 g/mol. The summed E-state index contributed by atoms with van der Waals surface area (Å²) in [6, 6.07) is 10.1. The predicted molar refractivity (Wildman–Crippen MR) is 152 cm³/mol. The molecule has 2 aromatic carbocycles. The van der Waals surface area contributed by atoms with Gasteiger partial charge in [0.25, 0.3) is 0 Å². The first-order valence-corrected chi connectivity index (χ1v) is 14.2. The number of nitrogens with one attached hydrogen (secondary N) is 1. The summed E-state index contributed by atoms with van der Waals surface area (Å²) in [5, 5.41) is 65.5. The smallest absolute Gasteiger partial charge is 0.247 e. The van der Waals surface area contributed by atoms with Crippen molar-refractivity contribution in [3.63, 3.8) is 0 Å². The number of fused-ring (bicyclic) bond motifs is 2. The Kier molecular flexibility index (Phi) is 8.60. The number of aliphatic hydroxyl groups is 5. The van der Waals surface area contributed by atoms with E-state index in [1.807, 2.05) is 6.07 Å². The van der Waals surface area contributed by atoms with Gasteiger partial charge in [-0.25, -0.2) is 4.98 Å². The zero-order valence-electron chi connectivity index (χ0n) is 23.9. The van der Waals surface area contributed by atoms with E-state index in [4.69, 9.17) is 18.9 Å². The van der Waals surface area contributed by atoms with Crippen molar-refractivity contribution < 1.29 is 59.2 Å². The highest BCUT2D eigenvalue weighted by Crippen LogP contribution is 2.33. The van der Waals surface area contributed by atoms with Gasteiger partial charge in [0.05, 0.1) is 29.9 Å². The number of hydrogen-bond acceptors (Lipinski definition) is 13. The molecule has 15 nitrogen and oxygen atoms in total. The summed E-state index contributed by atoms with van der Waals surface area (Å²) in [5.41, 5.74) is 1.93. The van der Waals surface area contributed by atoms with Crippen LogP contribution in [-0.4, -0.2) is 120 Å². The van der Waals surface area contributed by atoms with Gasteiger partial charge >= 0.3 is 0 Å². The van der Waals surface area contributed by atoms with Crippen molar-refractivity contribution in [2.75, 3.05) is 6.79 Å². The molecule has 240 valence electrons. The molecule has 3 heterocycles. The number of aromatic nitrogens is 2. The van der Waals surface area contributed by atoms with Crippen LogP contribution in [0.25, 0.3) is 17.1 Å². The van der Waals surface area contributed by atoms with E-state index in [-0.39, 0.29) is 30.4 Å². The molecule has 0 radical (unpaired) electrons. The lowest BCUT2D eigenvalue weighted by molar-refractivity contribution is -0.155. The second-order valence-electron chi connectivity index (χ2n) is 11.3. The topological polar surface area (TPSA) is 222 Å². The average molecular weight is 628 g/mol. The first kappa shape index (κ1) is 31.1. The zero-order valence-corrected chi connectivity index (χ0v) is 23.9. The van der Waals surface area contributed by atoms with E-state index < -0.39 is 72.9 Å². The van der Waals surface area contributed by atoms with Crippen molar-refractivity contribution in [2.45, 2.75) is 74.6 Å². The first-order valence-electron chi connectivity index (χ1n) is 14.2. The molecule has 10 atom stereocenters. The summed E-state index contributed by atoms with van der Waals surface area (Å²) in [6.07, 6.45) is -9.17. The number of aromatic hydroxyl groups is 1. The molecule has 45 heavy (non-hydrogen) atoms. The fraction of sp³-hybridized carbons (Fsp3) is 0.433. The summed E-state index contributed by atoms with van der Waals surface area (Å²) in [4.78, 5) is 30.1. The van der Waals surface area contributed by atoms with Crippen LogP contribution in [0, 0.1) is 0 Å². The number of Topliss-reactive ketones (excluding diaryl/α,β-unsaturated/α-hetero) is 1. The van der Waals surface area contributed by atoms with Crippen LogP contribution < -0.4 is 10.1 Å². The van der Waals surface area contributed by atoms with Crippen molar-refractivity contribution in [3.05, 3.63) is 59.9 Å². The molecule has 3 fully saturated rings. The van der Waals surface area contributed by atoms with Crippen LogP contribution in [0.4, 0.5) is 0 Å². The molecule has 3 aliphatic rings. The van der Waals surface area contributed by atoms with Crippen LogP contribution in [0.3, 0.4) is 0 Å². The molecule has 15 heteroatoms. The van der Waals surface area contributed by atoms with Gasteiger partial charge in [-0.15, -0.1) is 0 Å². The Morgan fingerprint density at radius 2 is 1.73 bits per heavy atom. The second kappa shape index (κ2) is 12.5. The Morgan fingerprint density at radius 3 is 2.49 bits per heavy atom. The highest BCUT2D eigenvalue weighted by molar-refractivity contribution is 5.97. The number of nitrogens with zero attached hydrogens (tertiary/aromatic N) is 2. The van der Waals surface area contributed by atoms with E-state index in [1.165, 1.54) is 37.5 Å². The third-order valence-electron chi connectivity index (χ3n) is 8.26. The van der Waals surface area contributed by atoms with Crippen molar-refractivity contribution in [1.82, 2.24) is 14.9 Å². The van der Waals surface area contributed by atoms with Gasteiger partial charge in [0, 0.05) is 5.57 Å². The van der Waals surface area contributed by atoms with Gasteiger partial charge in [-0.3, -0.25) is 9.59 Å². The quantitative estimate of drug-likeness (QED) is 0.142. The molecule has 7 N–H and O–H groups in total. The van der Waals surface area contributed by atoms with Gasteiger partial charge < -0.3 is 59.5 Å². The molecule has 6 rings (SSSR count). The molecule has 0 bridgehead atoms. The van der Waals surface area contributed by atoms with Crippen molar-refractivity contribution in [1.29, 1.82) is 0 Å². The maximum atomic E-state index is 13.0. The number of phenolic OH excluding ortho intramolecular Hbond substituents is 1. The summed E-state index contributed by atoms with van der Waals surface area (Å²) in [7, 11) is 0. The van der Waals surface area contributed by atoms with Gasteiger partial charge in [0.1, 0.15) is 49.5 Å². The number of para-hydroxylation sites is 2. The molecule has 1 saturated carbocycles. The summed E-state index contributed by atoms with van der Waals surface area (Å²) >= 11 is 0. The van der Waals surface area contributed by atoms with Crippen LogP contribution >= 0.6 is 0 Å². The minimum Gasteiger partial charge on any atom is -0.504 e. The molecule has 1 aromatic heterocycles. The molecular formula is C30H33N3O12. The van der Waals surface area contributed by atoms with E-state index in [0.29, 0.717) is 16.6 Å². The number of amides is 1. The lowest BCUT2D eigenvalue weighted by Gasteiger charge is -2.41. The molecule has 1 aliphatic carbocycles. The van der Waals surface area contributed by atoms with Gasteiger partial charge in [-0.05, 0) is 42.8 Å². The number of ketones is 1. The molecule has 3 aromatic rings. The van der Waals surface area contributed by atoms with Gasteiger partial charge in [0.15, 0.2) is 23.4 Å². The molecule has 0 spiro atoms. The van der Waals surface area contributed by atoms with Crippen LogP contribution in [0.2, 0.25) is 0 Å². The van der Waals surface area contributed by atoms with Crippen LogP contribution in [0.5, 0.6) is 11.5 Å². The number of hydrogen-bond donors (Lipinski definition) is 7. The molecule has 1 amide bonds. The Labute approximate surface area is 255 Å². The van der Waals surface area contributed by atoms with Crippen molar-refractivity contribution in [3.8, 4) is 11.5 Å². The Balaban J connectivity index is 1.08. The van der Waals surface area contributed by atoms with E-state index in [2.05, 4.69) is 10.3 Å². The standard InChI is InChI=1S/C30H33N3O12/c1-13(29(41)32-20-21(36)23(38)28-27(22(20)37)42-12-43-28)8-14-6-7-19(17(34)9-14)44-30-25(40)24(39)26(45-30)18(35)10-33-11-31-15-4-2-3-5-16(15)33/h2-9,11,20-28,30,34,36-40H,10,12H2,1H3,(H,32,41)/b13-8+/t20?,21-,22+,23+,24-,25-,26+,27-,28+,30+/m0/s1. The summed E-state index contributed by atoms with van der Waals surface area (Å²) in [6.45, 7) is 1.15. The third-order valence-corrected chi connectivity index (χ3v) is 8.26. The lowest BCUT2D eigenvalue weighted by atomic mass is 9.83. The maximum absolute atomic E-state index is 13.0. The van der Waals surface area contributed by atoms with E-state index in [9.17, 15) is 40.2 Å². The number of benzene rings is 2. The highest BCUT2D eigenvalue weighted by Gasteiger charge is 2.53. The minimum atomic E-state index is -1.59. The molecule has 1 unspecified atom stereocenters. The van der Waals surface area contributed by atoms with E-state index in [1.54, 1.807) is 22.8 Å². The number of carbonyl (C=O) groups is 2. The normalized spacial score (nSPS) is 33.2. The number of imidazole rings is 1. The number of carbonyl (C=O) groups excluding carboxylic acids is 2. The third kappa shape index (κ3) is 5.92. The lowest BCUT2D eigenvalue weighted by Crippen LogP contribution is -2.67. The largest absolute Gasteiger partial charge is 0.504 e. The predicted octanol–water partition coefficient (Wildman–Crippen LogP) is -1.44. The highest BCUT2D eigenvalue weighted by atomic mass is 16.7. The van der Waals surface area contributed by atoms with Gasteiger partial charge in [-0.2, -0.15) is 0 Å². The maximum Gasteiger partial charge on any atom is 0.247 e. The number of aliphatic hydroxyl groups excluding tert-OH is 5. The van der Waals surface area contributed by atoms with Crippen LogP contribution in [0.15, 0.2) is 54.4 Å². The second-order valence-corrected chi connectivity index (χ2v) is 11.3. The molecular weight excluding hydrogens is 594 g/mol. The Bertz CT molecular complexity index is 1610. The van der Waals surface area contributed by atoms with Crippen molar-refractivity contribution >= 4 is 28.8 Å². The van der Waals surface area contributed by atoms with E-state index >= 15 is 0 Å². The van der Waals surface area contributed by atoms with Gasteiger partial charge in [-0.1, -0.05) is 18.2 Å². The zero-order chi connectivity index (χ0) is 32.0. The van der Waals surface area contributed by atoms with Gasteiger partial charge in [0.2, 0.25) is 12.2 Å². The molecule has 2 saturated heterocycles. The average Bonchev–Trinajstić information content (AvgIpc) is 3.74. The SMILES string of the molecule is C/C(=C\c1ccc(O[C@@H]2O[C@H](C(=O)Cn3cnc4ccccc43)[C@@H](O)[C@@H]2O)c(O)c1)C(=O)NC1[C@@H](O)[C@@H]2OCO[C@@H]2[C@H](O)[C@H]1O. The summed E-state index contributed by atoms with van der Waals surface area (Å²) in [5.74, 6) is -1.66. The first-order chi connectivity index (χ1) is 21.5. The Hall–Kier alpha value is -3.93. The number of phenols is 1. The number of rotatable bonds is 8. The minimum absolute atomic E-state index is 0.116. The fourth-order valence-electron chi connectivity index (χ4n) is 5.79. The van der Waals surface area contributed by atoms with E-state index in [0.717, 1.165) is 0 Å². The Morgan fingerprint density at radius 1 is 1.00 bits per heavy atom. The van der Waals surface area contributed by atoms with Crippen LogP contribution in [0.1, 0.15) is 12.5 Å². The number of ether oxygens (including phenoxy) is 4. The van der Waals surface area contributed by atoms with Crippen molar-refractivity contribution in [2.24, 2.45) is 0 Å². The molecule has 2 aliphatic heterocycles. The fourth-order valence-corrected chi connectivity index (χ4v) is 5.79.